The van der Waals surface area contributed by atoms with Crippen LogP contribution in [0.15, 0.2) is 95.0 Å². The molecule has 0 spiro atoms. The van der Waals surface area contributed by atoms with E-state index in [2.05, 4.69) is 26.5 Å². The summed E-state index contributed by atoms with van der Waals surface area (Å²) in [6, 6.07) is 9.29. The molecule has 0 amide bonds. The Kier molecular flexibility index (Phi) is 8.66. The van der Waals surface area contributed by atoms with Gasteiger partial charge in [0.05, 0.1) is 56.7 Å². The van der Waals surface area contributed by atoms with Gasteiger partial charge in [-0.2, -0.15) is 5.26 Å². The van der Waals surface area contributed by atoms with Gasteiger partial charge < -0.3 is 14.2 Å². The molecule has 1 N–H and O–H groups in total. The Balaban J connectivity index is 1.70. The molecule has 4 rings (SSSR count). The molecule has 3 aromatic heterocycles. The molecule has 210 valence electrons. The van der Waals surface area contributed by atoms with Crippen LogP contribution in [0.25, 0.3) is 26.8 Å². The molecule has 0 aliphatic heterocycles. The third kappa shape index (κ3) is 6.19. The second-order valence-electron chi connectivity index (χ2n) is 7.98. The number of sulfonamides is 1. The first-order valence-corrected chi connectivity index (χ1v) is 13.9. The minimum Gasteiger partial charge on any atom is -0.504 e. The molecule has 3 heterocycles. The maximum atomic E-state index is 13.1. The van der Waals surface area contributed by atoms with Gasteiger partial charge >= 0.3 is 0 Å². The number of hydrogen-bond acceptors (Lipinski definition) is 11. The average molecular weight is 594 g/mol. The summed E-state index contributed by atoms with van der Waals surface area (Å²) in [4.78, 5) is 17.4. The first kappa shape index (κ1) is 28.8. The SMILES string of the molecule is C=C(OC)C(C=CS(=O)(=O)Nc1cnc2c(-c3nnc(-c4ccccc4)s3)c(=O)n(C#N)n2c1)=C(C=COC)OC. The minimum atomic E-state index is -4.12. The third-order valence-corrected chi connectivity index (χ3v) is 7.47. The van der Waals surface area contributed by atoms with E-state index in [0.717, 1.165) is 31.5 Å². The van der Waals surface area contributed by atoms with Crippen LogP contribution in [0.2, 0.25) is 0 Å². The van der Waals surface area contributed by atoms with Crippen LogP contribution in [-0.2, 0) is 24.2 Å². The highest BCUT2D eigenvalue weighted by Gasteiger charge is 2.22. The van der Waals surface area contributed by atoms with E-state index in [0.29, 0.717) is 5.01 Å². The number of rotatable bonds is 11. The lowest BCUT2D eigenvalue weighted by atomic mass is 10.2. The van der Waals surface area contributed by atoms with Crippen molar-refractivity contribution in [3.63, 3.8) is 0 Å². The van der Waals surface area contributed by atoms with Crippen LogP contribution in [0.5, 0.6) is 0 Å². The second kappa shape index (κ2) is 12.3. The molecule has 0 saturated carbocycles. The molecular weight excluding hydrogens is 570 g/mol. The number of hydrogen-bond donors (Lipinski definition) is 1. The smallest absolute Gasteiger partial charge is 0.293 e. The van der Waals surface area contributed by atoms with Crippen LogP contribution >= 0.6 is 11.3 Å². The number of nitrogens with one attached hydrogen (secondary N) is 1. The molecule has 0 aliphatic rings. The lowest BCUT2D eigenvalue weighted by molar-refractivity contribution is 0.276. The number of allylic oxidation sites excluding steroid dienone is 2. The van der Waals surface area contributed by atoms with Crippen LogP contribution in [0.3, 0.4) is 0 Å². The van der Waals surface area contributed by atoms with Crippen LogP contribution in [0, 0.1) is 11.5 Å². The van der Waals surface area contributed by atoms with Crippen LogP contribution in [0.1, 0.15) is 0 Å². The van der Waals surface area contributed by atoms with Crippen molar-refractivity contribution in [1.82, 2.24) is 24.4 Å². The topological polar surface area (TPSA) is 163 Å². The highest BCUT2D eigenvalue weighted by atomic mass is 32.2. The normalized spacial score (nSPS) is 12.3. The highest BCUT2D eigenvalue weighted by Crippen LogP contribution is 2.30. The fourth-order valence-electron chi connectivity index (χ4n) is 3.58. The maximum absolute atomic E-state index is 13.1. The van der Waals surface area contributed by atoms with Gasteiger partial charge in [-0.05, 0) is 6.08 Å². The van der Waals surface area contributed by atoms with Crippen molar-refractivity contribution in [3.8, 4) is 27.3 Å². The summed E-state index contributed by atoms with van der Waals surface area (Å²) >= 11 is 1.16. The molecule has 41 heavy (non-hydrogen) atoms. The highest BCUT2D eigenvalue weighted by molar-refractivity contribution is 7.95. The van der Waals surface area contributed by atoms with Gasteiger partial charge in [0.15, 0.2) is 10.7 Å². The van der Waals surface area contributed by atoms with Crippen molar-refractivity contribution in [2.45, 2.75) is 0 Å². The van der Waals surface area contributed by atoms with Crippen molar-refractivity contribution in [2.24, 2.45) is 0 Å². The van der Waals surface area contributed by atoms with Gasteiger partial charge in [0.1, 0.15) is 22.1 Å². The molecule has 15 heteroatoms. The molecule has 0 bridgehead atoms. The van der Waals surface area contributed by atoms with Gasteiger partial charge in [0.2, 0.25) is 6.19 Å². The summed E-state index contributed by atoms with van der Waals surface area (Å²) in [5, 5.41) is 19.7. The number of nitrogens with zero attached hydrogens (tertiary/aromatic N) is 6. The standard InChI is InChI=1S/C26H23N7O6S2/c1-17(38-3)20(21(39-4)10-12-37-2)11-13-41(35,36)31-19-14-28-23-22(26(34)33(16-27)32(23)15-19)25-30-29-24(40-25)18-8-6-5-7-9-18/h5-15,31H,1H2,2-4H3. The number of nitriles is 1. The average Bonchev–Trinajstić information content (AvgIpc) is 3.56. The Bertz CT molecular complexity index is 1900. The quantitative estimate of drug-likeness (QED) is 0.201. The Morgan fingerprint density at radius 1 is 1.12 bits per heavy atom. The Morgan fingerprint density at radius 3 is 2.51 bits per heavy atom. The lowest BCUT2D eigenvalue weighted by Gasteiger charge is -2.10. The van der Waals surface area contributed by atoms with E-state index in [-0.39, 0.29) is 39.0 Å². The first-order valence-electron chi connectivity index (χ1n) is 11.6. The van der Waals surface area contributed by atoms with Crippen molar-refractivity contribution >= 4 is 32.7 Å². The van der Waals surface area contributed by atoms with Crippen molar-refractivity contribution < 1.29 is 22.6 Å². The summed E-state index contributed by atoms with van der Waals surface area (Å²) in [5.74, 6) is 0.375. The zero-order chi connectivity index (χ0) is 29.6. The second-order valence-corrected chi connectivity index (χ2v) is 10.5. The molecule has 0 fully saturated rings. The summed E-state index contributed by atoms with van der Waals surface area (Å²) in [5.41, 5.74) is 0.517. The minimum absolute atomic E-state index is 0.0164. The maximum Gasteiger partial charge on any atom is 0.293 e. The number of fused-ring (bicyclic) bond motifs is 1. The van der Waals surface area contributed by atoms with E-state index >= 15 is 0 Å². The summed E-state index contributed by atoms with van der Waals surface area (Å²) in [6.45, 7) is 3.76. The zero-order valence-electron chi connectivity index (χ0n) is 22.0. The van der Waals surface area contributed by atoms with E-state index in [1.54, 1.807) is 6.19 Å². The molecule has 4 aromatic rings. The number of benzene rings is 1. The van der Waals surface area contributed by atoms with Crippen molar-refractivity contribution in [3.05, 3.63) is 101 Å². The van der Waals surface area contributed by atoms with Crippen molar-refractivity contribution in [1.29, 1.82) is 5.26 Å². The molecule has 0 atom stereocenters. The monoisotopic (exact) mass is 593 g/mol. The number of anilines is 1. The Hall–Kier alpha value is -5.20. The largest absolute Gasteiger partial charge is 0.504 e. The van der Waals surface area contributed by atoms with Crippen molar-refractivity contribution in [2.75, 3.05) is 26.1 Å². The number of aromatic nitrogens is 5. The molecule has 0 saturated heterocycles. The van der Waals surface area contributed by atoms with Gasteiger partial charge in [0.25, 0.3) is 15.6 Å². The van der Waals surface area contributed by atoms with E-state index < -0.39 is 15.6 Å². The summed E-state index contributed by atoms with van der Waals surface area (Å²) in [6.07, 6.45) is 8.30. The first-order chi connectivity index (χ1) is 19.7. The van der Waals surface area contributed by atoms with Crippen LogP contribution < -0.4 is 10.3 Å². The van der Waals surface area contributed by atoms with E-state index in [1.165, 1.54) is 52.1 Å². The molecular formula is C26H23N7O6S2. The van der Waals surface area contributed by atoms with E-state index in [9.17, 15) is 18.5 Å². The lowest BCUT2D eigenvalue weighted by Crippen LogP contribution is -2.16. The molecule has 0 aliphatic carbocycles. The van der Waals surface area contributed by atoms with E-state index in [4.69, 9.17) is 14.2 Å². The number of ether oxygens (including phenoxy) is 3. The molecule has 13 nitrogen and oxygen atoms in total. The van der Waals surface area contributed by atoms with Gasteiger partial charge in [-0.3, -0.25) is 9.52 Å². The predicted molar refractivity (Wildman–Crippen MR) is 153 cm³/mol. The van der Waals surface area contributed by atoms with Crippen LogP contribution in [-0.4, -0.2) is 54.1 Å². The summed E-state index contributed by atoms with van der Waals surface area (Å²) < 4.78 is 45.4. The third-order valence-electron chi connectivity index (χ3n) is 5.47. The van der Waals surface area contributed by atoms with Gasteiger partial charge in [-0.15, -0.1) is 14.9 Å². The molecule has 0 unspecified atom stereocenters. The Morgan fingerprint density at radius 2 is 1.85 bits per heavy atom. The summed E-state index contributed by atoms with van der Waals surface area (Å²) in [7, 11) is 0.0919. The fraction of sp³-hybridized carbons (Fsp3) is 0.115. The van der Waals surface area contributed by atoms with Gasteiger partial charge in [0, 0.05) is 11.6 Å². The van der Waals surface area contributed by atoms with Gasteiger partial charge in [-0.1, -0.05) is 48.2 Å². The fourth-order valence-corrected chi connectivity index (χ4v) is 5.28. The molecule has 0 radical (unpaired) electrons. The van der Waals surface area contributed by atoms with E-state index in [1.807, 2.05) is 30.3 Å². The Labute approximate surface area is 238 Å². The van der Waals surface area contributed by atoms with Crippen LogP contribution in [0.4, 0.5) is 5.69 Å². The molecule has 1 aromatic carbocycles. The number of methoxy groups -OCH3 is 3. The predicted octanol–water partition coefficient (Wildman–Crippen LogP) is 3.49. The van der Waals surface area contributed by atoms with Gasteiger partial charge in [-0.25, -0.2) is 17.9 Å². The zero-order valence-corrected chi connectivity index (χ0v) is 23.6.